The molecule has 0 aromatic heterocycles. The van der Waals surface area contributed by atoms with Crippen molar-refractivity contribution < 1.29 is 0 Å². The molecule has 162 valence electrons. The lowest BCUT2D eigenvalue weighted by Crippen LogP contribution is -2.55. The molecule has 5 aliphatic carbocycles. The summed E-state index contributed by atoms with van der Waals surface area (Å²) in [6.07, 6.45) is 7.20. The normalized spacial score (nSPS) is 30.7. The minimum absolute atomic E-state index is 0.220. The molecule has 4 bridgehead atoms. The average molecular weight is 447 g/mol. The van der Waals surface area contributed by atoms with Crippen LogP contribution in [0.1, 0.15) is 43.2 Å². The molecule has 0 radical (unpaired) electrons. The van der Waals surface area contributed by atoms with Crippen LogP contribution in [0.5, 0.6) is 0 Å². The molecule has 4 fully saturated rings. The second-order valence-corrected chi connectivity index (χ2v) is 11.5. The zero-order valence-corrected chi connectivity index (χ0v) is 19.5. The first-order valence-electron chi connectivity index (χ1n) is 12.7. The molecule has 0 amide bonds. The van der Waals surface area contributed by atoms with E-state index in [1.165, 1.54) is 59.7 Å². The molecule has 4 saturated carbocycles. The van der Waals surface area contributed by atoms with Crippen molar-refractivity contribution in [3.8, 4) is 22.3 Å². The Hall–Kier alpha value is -2.57. The predicted molar refractivity (Wildman–Crippen MR) is 138 cm³/mol. The van der Waals surface area contributed by atoms with Gasteiger partial charge in [-0.1, -0.05) is 78.3 Å². The molecule has 1 heteroatoms. The maximum atomic E-state index is 6.57. The second kappa shape index (κ2) is 6.51. The van der Waals surface area contributed by atoms with Crippen molar-refractivity contribution in [1.29, 1.82) is 0 Å². The molecule has 0 atom stereocenters. The molecular formula is C32H27Cl. The molecule has 0 aliphatic heterocycles. The second-order valence-electron chi connectivity index (χ2n) is 11.1. The third-order valence-corrected chi connectivity index (χ3v) is 10.1. The molecule has 0 N–H and O–H groups in total. The summed E-state index contributed by atoms with van der Waals surface area (Å²) >= 11 is 6.57. The molecule has 0 unspecified atom stereocenters. The van der Waals surface area contributed by atoms with Gasteiger partial charge in [0.1, 0.15) is 0 Å². The number of halogens is 1. The Balaban J connectivity index is 1.40. The summed E-state index contributed by atoms with van der Waals surface area (Å²) in [4.78, 5) is 0. The zero-order chi connectivity index (χ0) is 21.7. The maximum absolute atomic E-state index is 6.57. The van der Waals surface area contributed by atoms with Crippen molar-refractivity contribution in [2.75, 3.05) is 0 Å². The third kappa shape index (κ3) is 2.33. The van der Waals surface area contributed by atoms with Gasteiger partial charge in [-0.2, -0.15) is 0 Å². The highest BCUT2D eigenvalue weighted by Crippen LogP contribution is 2.69. The van der Waals surface area contributed by atoms with E-state index in [4.69, 9.17) is 11.6 Å². The van der Waals surface area contributed by atoms with Crippen molar-refractivity contribution >= 4 is 22.4 Å². The first-order chi connectivity index (χ1) is 16.2. The Morgan fingerprint density at radius 2 is 1.21 bits per heavy atom. The molecule has 0 nitrogen and oxygen atoms in total. The largest absolute Gasteiger partial charge is 0.0837 e. The van der Waals surface area contributed by atoms with E-state index in [0.717, 1.165) is 34.1 Å². The lowest BCUT2D eigenvalue weighted by Gasteiger charge is -2.61. The van der Waals surface area contributed by atoms with Crippen LogP contribution in [0.3, 0.4) is 0 Å². The van der Waals surface area contributed by atoms with Gasteiger partial charge in [-0.15, -0.1) is 0 Å². The number of benzene rings is 4. The molecule has 5 aliphatic rings. The molecule has 4 aromatic carbocycles. The summed E-state index contributed by atoms with van der Waals surface area (Å²) in [5.41, 5.74) is 9.08. The first kappa shape index (κ1) is 18.8. The van der Waals surface area contributed by atoms with Crippen LogP contribution in [-0.4, -0.2) is 0 Å². The van der Waals surface area contributed by atoms with E-state index in [2.05, 4.69) is 78.9 Å². The molecule has 0 saturated heterocycles. The van der Waals surface area contributed by atoms with E-state index in [1.54, 1.807) is 11.1 Å². The highest BCUT2D eigenvalue weighted by molar-refractivity contribution is 6.36. The number of hydrogen-bond acceptors (Lipinski definition) is 0. The van der Waals surface area contributed by atoms with E-state index in [0.29, 0.717) is 0 Å². The quantitative estimate of drug-likeness (QED) is 0.274. The average Bonchev–Trinajstić information content (AvgIpc) is 3.13. The predicted octanol–water partition coefficient (Wildman–Crippen LogP) is 8.88. The number of fused-ring (bicyclic) bond motifs is 4. The molecule has 4 aromatic rings. The lowest BCUT2D eigenvalue weighted by atomic mass is 9.43. The Morgan fingerprint density at radius 1 is 0.576 bits per heavy atom. The summed E-state index contributed by atoms with van der Waals surface area (Å²) in [5, 5.41) is 3.23. The molecule has 9 rings (SSSR count). The smallest absolute Gasteiger partial charge is 0.0484 e. The van der Waals surface area contributed by atoms with E-state index in [-0.39, 0.29) is 5.41 Å². The Bertz CT molecular complexity index is 1420. The van der Waals surface area contributed by atoms with E-state index in [9.17, 15) is 0 Å². The zero-order valence-electron chi connectivity index (χ0n) is 18.7. The minimum Gasteiger partial charge on any atom is -0.0837 e. The fourth-order valence-electron chi connectivity index (χ4n) is 8.83. The van der Waals surface area contributed by atoms with Crippen LogP contribution in [0.4, 0.5) is 0 Å². The Labute approximate surface area is 200 Å². The van der Waals surface area contributed by atoms with Crippen LogP contribution < -0.4 is 0 Å². The summed E-state index contributed by atoms with van der Waals surface area (Å²) in [5.74, 6) is 3.54. The summed E-state index contributed by atoms with van der Waals surface area (Å²) < 4.78 is 0. The van der Waals surface area contributed by atoms with E-state index >= 15 is 0 Å². The van der Waals surface area contributed by atoms with Gasteiger partial charge >= 0.3 is 0 Å². The summed E-state index contributed by atoms with van der Waals surface area (Å²) in [7, 11) is 0. The highest BCUT2D eigenvalue weighted by Gasteiger charge is 2.61. The first-order valence-corrected chi connectivity index (χ1v) is 13.0. The Morgan fingerprint density at radius 3 is 2.00 bits per heavy atom. The van der Waals surface area contributed by atoms with Crippen molar-refractivity contribution in [3.63, 3.8) is 0 Å². The monoisotopic (exact) mass is 446 g/mol. The fourth-order valence-corrected chi connectivity index (χ4v) is 9.06. The topological polar surface area (TPSA) is 0 Å². The summed E-state index contributed by atoms with van der Waals surface area (Å²) in [6.45, 7) is 0. The SMILES string of the molecule is Clc1ccc(-c2ccc3c(c2)C2(c4ccccc4-3)C3CC4CC(C3)CC2C4)c2ccccc12. The van der Waals surface area contributed by atoms with Crippen molar-refractivity contribution in [1.82, 2.24) is 0 Å². The van der Waals surface area contributed by atoms with Gasteiger partial charge in [0.05, 0.1) is 0 Å². The van der Waals surface area contributed by atoms with Crippen LogP contribution in [0.25, 0.3) is 33.0 Å². The van der Waals surface area contributed by atoms with E-state index in [1.807, 2.05) is 0 Å². The van der Waals surface area contributed by atoms with Crippen LogP contribution in [0.2, 0.25) is 5.02 Å². The number of hydrogen-bond donors (Lipinski definition) is 0. The molecule has 0 heterocycles. The van der Waals surface area contributed by atoms with Gasteiger partial charge in [0.15, 0.2) is 0 Å². The third-order valence-electron chi connectivity index (χ3n) is 9.74. The van der Waals surface area contributed by atoms with Gasteiger partial charge in [0, 0.05) is 15.8 Å². The van der Waals surface area contributed by atoms with Gasteiger partial charge in [-0.25, -0.2) is 0 Å². The van der Waals surface area contributed by atoms with Gasteiger partial charge in [0.2, 0.25) is 0 Å². The van der Waals surface area contributed by atoms with E-state index < -0.39 is 0 Å². The van der Waals surface area contributed by atoms with Crippen molar-refractivity contribution in [2.45, 2.75) is 37.5 Å². The summed E-state index contributed by atoms with van der Waals surface area (Å²) in [6, 6.07) is 29.6. The maximum Gasteiger partial charge on any atom is 0.0484 e. The van der Waals surface area contributed by atoms with Gasteiger partial charge in [-0.3, -0.25) is 0 Å². The molecule has 33 heavy (non-hydrogen) atoms. The van der Waals surface area contributed by atoms with Crippen molar-refractivity contribution in [2.24, 2.45) is 23.7 Å². The van der Waals surface area contributed by atoms with Crippen LogP contribution >= 0.6 is 11.6 Å². The van der Waals surface area contributed by atoms with Crippen LogP contribution in [0, 0.1) is 23.7 Å². The molecule has 1 spiro atoms. The fraction of sp³-hybridized carbons (Fsp3) is 0.312. The number of rotatable bonds is 1. The lowest BCUT2D eigenvalue weighted by molar-refractivity contribution is -0.0399. The van der Waals surface area contributed by atoms with Gasteiger partial charge in [0.25, 0.3) is 0 Å². The van der Waals surface area contributed by atoms with Crippen molar-refractivity contribution in [3.05, 3.63) is 95.0 Å². The minimum atomic E-state index is 0.220. The molecular weight excluding hydrogens is 420 g/mol. The van der Waals surface area contributed by atoms with Gasteiger partial charge in [-0.05, 0) is 107 Å². The Kier molecular flexibility index (Phi) is 3.71. The van der Waals surface area contributed by atoms with Crippen LogP contribution in [0.15, 0.2) is 78.9 Å². The standard InChI is InChI=1S/C32H27Cl/c33-31-12-11-24(25-5-1-2-7-28(25)31)21-9-10-27-26-6-3-4-8-29(26)32(30(27)18-21)22-14-19-13-20(16-22)17-23(32)15-19/h1-12,18-20,22-23H,13-17H2. The highest BCUT2D eigenvalue weighted by atomic mass is 35.5. The van der Waals surface area contributed by atoms with Crippen LogP contribution in [-0.2, 0) is 5.41 Å². The van der Waals surface area contributed by atoms with Gasteiger partial charge < -0.3 is 0 Å².